The normalized spacial score (nSPS) is 10.3. The first-order valence-electron chi connectivity index (χ1n) is 6.11. The van der Waals surface area contributed by atoms with Gasteiger partial charge in [-0.1, -0.05) is 0 Å². The van der Waals surface area contributed by atoms with E-state index >= 15 is 0 Å². The Labute approximate surface area is 103 Å². The van der Waals surface area contributed by atoms with Gasteiger partial charge in [-0.2, -0.15) is 0 Å². The molecule has 0 radical (unpaired) electrons. The van der Waals surface area contributed by atoms with Crippen LogP contribution in [0.2, 0.25) is 0 Å². The third kappa shape index (κ3) is 3.82. The van der Waals surface area contributed by atoms with E-state index < -0.39 is 0 Å². The van der Waals surface area contributed by atoms with Gasteiger partial charge in [0.1, 0.15) is 5.75 Å². The Morgan fingerprint density at radius 1 is 1.29 bits per heavy atom. The number of nitrogens with zero attached hydrogens (tertiary/aromatic N) is 1. The molecular weight excluding hydrogens is 216 g/mol. The molecule has 3 N–H and O–H groups in total. The fourth-order valence-electron chi connectivity index (χ4n) is 1.68. The number of hydrogen-bond acceptors (Lipinski definition) is 4. The molecular formula is C13H22N2O2. The number of rotatable bonds is 7. The van der Waals surface area contributed by atoms with Gasteiger partial charge >= 0.3 is 0 Å². The average molecular weight is 238 g/mol. The van der Waals surface area contributed by atoms with Crippen LogP contribution in [0.3, 0.4) is 0 Å². The van der Waals surface area contributed by atoms with Gasteiger partial charge in [0.25, 0.3) is 0 Å². The largest absolute Gasteiger partial charge is 0.491 e. The summed E-state index contributed by atoms with van der Waals surface area (Å²) < 4.78 is 5.55. The second kappa shape index (κ2) is 7.01. The molecule has 17 heavy (non-hydrogen) atoms. The van der Waals surface area contributed by atoms with Crippen LogP contribution >= 0.6 is 0 Å². The highest BCUT2D eigenvalue weighted by atomic mass is 16.5. The number of nitrogens with two attached hydrogens (primary N) is 1. The summed E-state index contributed by atoms with van der Waals surface area (Å²) in [6.07, 6.45) is 0.620. The maximum atomic E-state index is 8.71. The Kier molecular flexibility index (Phi) is 5.63. The molecule has 1 aromatic carbocycles. The number of ether oxygens (including phenoxy) is 1. The lowest BCUT2D eigenvalue weighted by molar-refractivity contribution is 0.234. The van der Waals surface area contributed by atoms with Crippen molar-refractivity contribution in [3.63, 3.8) is 0 Å². The number of aliphatic hydroxyl groups excluding tert-OH is 1. The van der Waals surface area contributed by atoms with Crippen molar-refractivity contribution in [1.29, 1.82) is 0 Å². The molecule has 0 aliphatic heterocycles. The van der Waals surface area contributed by atoms with E-state index in [0.29, 0.717) is 24.5 Å². The molecule has 4 nitrogen and oxygen atoms in total. The third-order valence-electron chi connectivity index (χ3n) is 2.69. The minimum atomic E-state index is 0.135. The molecule has 0 unspecified atom stereocenters. The van der Waals surface area contributed by atoms with E-state index in [2.05, 4.69) is 18.7 Å². The fraction of sp³-hybridized carbons (Fsp3) is 0.538. The lowest BCUT2D eigenvalue weighted by Crippen LogP contribution is -2.21. The quantitative estimate of drug-likeness (QED) is 0.562. The minimum Gasteiger partial charge on any atom is -0.491 e. The van der Waals surface area contributed by atoms with Crippen molar-refractivity contribution in [2.75, 3.05) is 36.9 Å². The van der Waals surface area contributed by atoms with Crippen LogP contribution in [0.1, 0.15) is 20.3 Å². The van der Waals surface area contributed by atoms with Gasteiger partial charge in [-0.3, -0.25) is 0 Å². The number of benzene rings is 1. The van der Waals surface area contributed by atoms with E-state index in [1.54, 1.807) is 0 Å². The monoisotopic (exact) mass is 238 g/mol. The summed E-state index contributed by atoms with van der Waals surface area (Å²) in [6, 6.07) is 5.82. The molecule has 0 atom stereocenters. The summed E-state index contributed by atoms with van der Waals surface area (Å²) in [4.78, 5) is 2.23. The maximum Gasteiger partial charge on any atom is 0.144 e. The predicted octanol–water partition coefficient (Wildman–Crippen LogP) is 1.88. The second-order valence-electron chi connectivity index (χ2n) is 3.82. The minimum absolute atomic E-state index is 0.135. The molecule has 0 saturated carbocycles. The zero-order valence-corrected chi connectivity index (χ0v) is 10.6. The molecule has 96 valence electrons. The summed E-state index contributed by atoms with van der Waals surface area (Å²) in [6.45, 7) is 6.77. The molecule has 0 aromatic heterocycles. The van der Waals surface area contributed by atoms with Crippen molar-refractivity contribution < 1.29 is 9.84 Å². The lowest BCUT2D eigenvalue weighted by Gasteiger charge is -2.22. The molecule has 0 saturated heterocycles. The van der Waals surface area contributed by atoms with Crippen molar-refractivity contribution in [2.45, 2.75) is 20.3 Å². The standard InChI is InChI=1S/C13H22N2O2/c1-3-15(4-2)11-6-7-12(14)13(10-11)17-9-5-8-16/h6-7,10,16H,3-5,8-9,14H2,1-2H3. The van der Waals surface area contributed by atoms with Crippen LogP contribution in [0.4, 0.5) is 11.4 Å². The van der Waals surface area contributed by atoms with Crippen LogP contribution < -0.4 is 15.4 Å². The smallest absolute Gasteiger partial charge is 0.144 e. The van der Waals surface area contributed by atoms with Gasteiger partial charge in [-0.15, -0.1) is 0 Å². The highest BCUT2D eigenvalue weighted by Crippen LogP contribution is 2.27. The summed E-state index contributed by atoms with van der Waals surface area (Å²) >= 11 is 0. The predicted molar refractivity (Wildman–Crippen MR) is 71.6 cm³/mol. The number of aliphatic hydroxyl groups is 1. The molecule has 0 spiro atoms. The SMILES string of the molecule is CCN(CC)c1ccc(N)c(OCCCO)c1. The molecule has 0 amide bonds. The zero-order valence-electron chi connectivity index (χ0n) is 10.6. The molecule has 0 fully saturated rings. The van der Waals surface area contributed by atoms with E-state index in [0.717, 1.165) is 18.8 Å². The van der Waals surface area contributed by atoms with Gasteiger partial charge in [-0.25, -0.2) is 0 Å². The van der Waals surface area contributed by atoms with Gasteiger partial charge in [0, 0.05) is 37.9 Å². The van der Waals surface area contributed by atoms with Crippen molar-refractivity contribution >= 4 is 11.4 Å². The Morgan fingerprint density at radius 3 is 2.59 bits per heavy atom. The molecule has 4 heteroatoms. The Morgan fingerprint density at radius 2 is 2.00 bits per heavy atom. The fourth-order valence-corrected chi connectivity index (χ4v) is 1.68. The van der Waals surface area contributed by atoms with Crippen LogP contribution in [-0.4, -0.2) is 31.4 Å². The van der Waals surface area contributed by atoms with Crippen LogP contribution in [-0.2, 0) is 0 Å². The molecule has 0 aliphatic carbocycles. The van der Waals surface area contributed by atoms with Crippen molar-refractivity contribution in [3.05, 3.63) is 18.2 Å². The first kappa shape index (κ1) is 13.6. The van der Waals surface area contributed by atoms with Gasteiger partial charge in [0.15, 0.2) is 0 Å². The van der Waals surface area contributed by atoms with E-state index in [9.17, 15) is 0 Å². The van der Waals surface area contributed by atoms with Gasteiger partial charge in [0.05, 0.1) is 12.3 Å². The van der Waals surface area contributed by atoms with Gasteiger partial charge in [0.2, 0.25) is 0 Å². The van der Waals surface area contributed by atoms with E-state index in [4.69, 9.17) is 15.6 Å². The van der Waals surface area contributed by atoms with E-state index in [1.807, 2.05) is 18.2 Å². The molecule has 0 aliphatic rings. The number of anilines is 2. The third-order valence-corrected chi connectivity index (χ3v) is 2.69. The first-order valence-corrected chi connectivity index (χ1v) is 6.11. The van der Waals surface area contributed by atoms with Crippen LogP contribution in [0.15, 0.2) is 18.2 Å². The van der Waals surface area contributed by atoms with E-state index in [-0.39, 0.29) is 6.61 Å². The highest BCUT2D eigenvalue weighted by Gasteiger charge is 2.06. The van der Waals surface area contributed by atoms with Gasteiger partial charge < -0.3 is 20.5 Å². The summed E-state index contributed by atoms with van der Waals surface area (Å²) in [5.74, 6) is 0.697. The van der Waals surface area contributed by atoms with Crippen LogP contribution in [0.5, 0.6) is 5.75 Å². The van der Waals surface area contributed by atoms with Crippen molar-refractivity contribution in [1.82, 2.24) is 0 Å². The highest BCUT2D eigenvalue weighted by molar-refractivity contribution is 5.62. The van der Waals surface area contributed by atoms with Crippen molar-refractivity contribution in [3.8, 4) is 5.75 Å². The molecule has 1 rings (SSSR count). The van der Waals surface area contributed by atoms with Crippen LogP contribution in [0.25, 0.3) is 0 Å². The van der Waals surface area contributed by atoms with Crippen LogP contribution in [0, 0.1) is 0 Å². The number of nitrogen functional groups attached to an aromatic ring is 1. The summed E-state index contributed by atoms with van der Waals surface area (Å²) in [5.41, 5.74) is 7.60. The second-order valence-corrected chi connectivity index (χ2v) is 3.82. The van der Waals surface area contributed by atoms with E-state index in [1.165, 1.54) is 0 Å². The molecule has 0 bridgehead atoms. The molecule has 0 heterocycles. The zero-order chi connectivity index (χ0) is 12.7. The summed E-state index contributed by atoms with van der Waals surface area (Å²) in [5, 5.41) is 8.71. The number of hydrogen-bond donors (Lipinski definition) is 2. The first-order chi connectivity index (χ1) is 8.22. The topological polar surface area (TPSA) is 58.7 Å². The lowest BCUT2D eigenvalue weighted by atomic mass is 10.2. The Bertz CT molecular complexity index is 338. The van der Waals surface area contributed by atoms with Gasteiger partial charge in [-0.05, 0) is 26.0 Å². The summed E-state index contributed by atoms with van der Waals surface area (Å²) in [7, 11) is 0. The average Bonchev–Trinajstić information content (AvgIpc) is 2.34. The van der Waals surface area contributed by atoms with Crippen molar-refractivity contribution in [2.24, 2.45) is 0 Å². The Hall–Kier alpha value is -1.42. The Balaban J connectivity index is 2.78. The maximum absolute atomic E-state index is 8.71. The molecule has 1 aromatic rings.